The van der Waals surface area contributed by atoms with Crippen LogP contribution in [-0.2, 0) is 37.5 Å². The highest BCUT2D eigenvalue weighted by atomic mass is 19.4. The molecular weight excluding hydrogens is 581 g/mol. The highest BCUT2D eigenvalue weighted by molar-refractivity contribution is 6.10. The Morgan fingerprint density at radius 1 is 1.13 bits per heavy atom. The number of amides is 2. The third kappa shape index (κ3) is 6.68. The number of para-hydroxylation sites is 1. The van der Waals surface area contributed by atoms with E-state index < -0.39 is 17.6 Å². The summed E-state index contributed by atoms with van der Waals surface area (Å²) in [5.74, 6) is 1.53. The first kappa shape index (κ1) is 32.4. The molecule has 3 fully saturated rings. The average Bonchev–Trinajstić information content (AvgIpc) is 3.67. The van der Waals surface area contributed by atoms with Gasteiger partial charge in [-0.25, -0.2) is 0 Å². The number of anilines is 1. The largest absolute Gasteiger partial charge is 0.416 e. The lowest BCUT2D eigenvalue weighted by Crippen LogP contribution is -2.59. The van der Waals surface area contributed by atoms with Crippen LogP contribution in [-0.4, -0.2) is 62.6 Å². The van der Waals surface area contributed by atoms with Crippen LogP contribution in [0.15, 0.2) is 61.4 Å². The zero-order valence-electron chi connectivity index (χ0n) is 24.9. The van der Waals surface area contributed by atoms with Crippen molar-refractivity contribution in [1.82, 2.24) is 24.6 Å². The SMILES string of the molecule is C.C=CC(=O)N1CC2(CCN(Cc3cc4c(c(C(F)(F)F)c3)CN(c3ccccc3)C4=O)C2)C1.Cn1cnnc1CC1CCC1. The molecule has 4 heterocycles. The molecule has 0 bridgehead atoms. The number of aryl methyl sites for hydroxylation is 1. The average molecular weight is 623 g/mol. The number of nitrogens with zero attached hydrogens (tertiary/aromatic N) is 6. The highest BCUT2D eigenvalue weighted by Gasteiger charge is 2.49. The maximum Gasteiger partial charge on any atom is 0.416 e. The van der Waals surface area contributed by atoms with Crippen LogP contribution in [0.4, 0.5) is 18.9 Å². The first-order valence-electron chi connectivity index (χ1n) is 15.1. The van der Waals surface area contributed by atoms with Gasteiger partial charge in [-0.15, -0.1) is 10.2 Å². The van der Waals surface area contributed by atoms with Gasteiger partial charge < -0.3 is 14.4 Å². The molecule has 1 spiro atoms. The molecule has 240 valence electrons. The minimum Gasteiger partial charge on any atom is -0.338 e. The first-order valence-corrected chi connectivity index (χ1v) is 15.1. The fraction of sp³-hybridized carbons (Fsp3) is 0.471. The number of likely N-dealkylation sites (tertiary alicyclic amines) is 2. The van der Waals surface area contributed by atoms with Crippen molar-refractivity contribution in [2.24, 2.45) is 18.4 Å². The maximum absolute atomic E-state index is 13.9. The number of carbonyl (C=O) groups excluding carboxylic acids is 2. The topological polar surface area (TPSA) is 74.6 Å². The number of benzene rings is 2. The number of hydrogen-bond acceptors (Lipinski definition) is 5. The Hall–Kier alpha value is -3.99. The van der Waals surface area contributed by atoms with Crippen LogP contribution in [0.25, 0.3) is 0 Å². The third-order valence-electron chi connectivity index (χ3n) is 9.44. The van der Waals surface area contributed by atoms with E-state index in [-0.39, 0.29) is 36.4 Å². The third-order valence-corrected chi connectivity index (χ3v) is 9.44. The van der Waals surface area contributed by atoms with E-state index in [4.69, 9.17) is 0 Å². The summed E-state index contributed by atoms with van der Waals surface area (Å²) in [7, 11) is 2.01. The van der Waals surface area contributed by atoms with Gasteiger partial charge in [0.2, 0.25) is 5.91 Å². The van der Waals surface area contributed by atoms with Gasteiger partial charge in [0.25, 0.3) is 5.91 Å². The Kier molecular flexibility index (Phi) is 9.21. The van der Waals surface area contributed by atoms with Crippen molar-refractivity contribution in [2.45, 2.75) is 58.8 Å². The van der Waals surface area contributed by atoms with Gasteiger partial charge in [-0.05, 0) is 60.4 Å². The Balaban J connectivity index is 0.000000281. The lowest BCUT2D eigenvalue weighted by Gasteiger charge is -2.47. The fourth-order valence-electron chi connectivity index (χ4n) is 6.80. The number of rotatable bonds is 6. The number of fused-ring (bicyclic) bond motifs is 1. The normalized spacial score (nSPS) is 18.9. The van der Waals surface area contributed by atoms with Gasteiger partial charge >= 0.3 is 6.18 Å². The second-order valence-corrected chi connectivity index (χ2v) is 12.6. The summed E-state index contributed by atoms with van der Waals surface area (Å²) in [6.45, 7) is 6.53. The number of hydrogen-bond donors (Lipinski definition) is 0. The summed E-state index contributed by atoms with van der Waals surface area (Å²) in [5.41, 5.74) is 0.502. The molecule has 3 aliphatic heterocycles. The summed E-state index contributed by atoms with van der Waals surface area (Å²) >= 11 is 0. The van der Waals surface area contributed by atoms with Crippen LogP contribution in [0.3, 0.4) is 0 Å². The molecule has 11 heteroatoms. The first-order chi connectivity index (χ1) is 21.0. The summed E-state index contributed by atoms with van der Waals surface area (Å²) in [4.78, 5) is 30.1. The summed E-state index contributed by atoms with van der Waals surface area (Å²) in [5, 5.41) is 7.90. The summed E-state index contributed by atoms with van der Waals surface area (Å²) < 4.78 is 43.8. The van der Waals surface area contributed by atoms with Gasteiger partial charge in [-0.1, -0.05) is 51.5 Å². The molecule has 1 aromatic heterocycles. The predicted octanol–water partition coefficient (Wildman–Crippen LogP) is 5.88. The molecule has 2 saturated heterocycles. The van der Waals surface area contributed by atoms with E-state index in [0.717, 1.165) is 37.7 Å². The van der Waals surface area contributed by atoms with Gasteiger partial charge in [0.05, 0.1) is 12.1 Å². The Bertz CT molecular complexity index is 1540. The molecule has 0 radical (unpaired) electrons. The zero-order valence-corrected chi connectivity index (χ0v) is 24.9. The minimum absolute atomic E-state index is 0. The molecule has 4 aliphatic rings. The monoisotopic (exact) mass is 622 g/mol. The lowest BCUT2D eigenvalue weighted by atomic mass is 9.79. The van der Waals surface area contributed by atoms with E-state index >= 15 is 0 Å². The van der Waals surface area contributed by atoms with Crippen molar-refractivity contribution in [1.29, 1.82) is 0 Å². The molecular formula is C34H41F3N6O2. The van der Waals surface area contributed by atoms with Gasteiger partial charge in [0.15, 0.2) is 0 Å². The molecule has 0 N–H and O–H groups in total. The van der Waals surface area contributed by atoms with Crippen molar-refractivity contribution < 1.29 is 22.8 Å². The fourth-order valence-corrected chi connectivity index (χ4v) is 6.80. The smallest absolute Gasteiger partial charge is 0.338 e. The van der Waals surface area contributed by atoms with Gasteiger partial charge in [0, 0.05) is 56.3 Å². The number of carbonyl (C=O) groups is 2. The van der Waals surface area contributed by atoms with E-state index in [9.17, 15) is 22.8 Å². The van der Waals surface area contributed by atoms with Crippen LogP contribution >= 0.6 is 0 Å². The molecule has 1 saturated carbocycles. The molecule has 0 unspecified atom stereocenters. The Labute approximate surface area is 262 Å². The van der Waals surface area contributed by atoms with Crippen molar-refractivity contribution in [3.05, 3.63) is 89.5 Å². The van der Waals surface area contributed by atoms with Gasteiger partial charge in [-0.2, -0.15) is 13.2 Å². The van der Waals surface area contributed by atoms with Crippen LogP contribution in [0.1, 0.15) is 66.0 Å². The molecule has 3 aromatic rings. The summed E-state index contributed by atoms with van der Waals surface area (Å²) in [6, 6.07) is 11.6. The number of alkyl halides is 3. The van der Waals surface area contributed by atoms with Crippen molar-refractivity contribution in [3.63, 3.8) is 0 Å². The van der Waals surface area contributed by atoms with E-state index in [1.165, 1.54) is 36.3 Å². The second kappa shape index (κ2) is 12.8. The Morgan fingerprint density at radius 3 is 2.47 bits per heavy atom. The zero-order chi connectivity index (χ0) is 31.1. The standard InChI is InChI=1S/C25H24F3N3O2.C8H13N3.CH4/c1-2-22(32)30-15-24(16-30)8-9-29(14-24)12-17-10-19-20(21(11-17)25(26,27)28)13-31(23(19)33)18-6-4-3-5-7-18;1-11-6-9-10-8(11)5-7-3-2-4-7;/h2-7,10-11H,1,8-9,12-16H2;6-7H,2-5H2,1H3;1H4. The highest BCUT2D eigenvalue weighted by Crippen LogP contribution is 2.42. The van der Waals surface area contributed by atoms with Crippen LogP contribution in [0.2, 0.25) is 0 Å². The quantitative estimate of drug-likeness (QED) is 0.321. The van der Waals surface area contributed by atoms with Crippen LogP contribution < -0.4 is 4.90 Å². The number of aromatic nitrogens is 3. The van der Waals surface area contributed by atoms with Crippen LogP contribution in [0, 0.1) is 11.3 Å². The van der Waals surface area contributed by atoms with E-state index in [0.29, 0.717) is 30.9 Å². The second-order valence-electron chi connectivity index (χ2n) is 12.6. The molecule has 2 aromatic carbocycles. The van der Waals surface area contributed by atoms with Crippen molar-refractivity contribution in [3.8, 4) is 0 Å². The van der Waals surface area contributed by atoms with E-state index in [2.05, 4.69) is 21.7 Å². The molecule has 8 nitrogen and oxygen atoms in total. The maximum atomic E-state index is 13.9. The van der Waals surface area contributed by atoms with E-state index in [1.54, 1.807) is 47.6 Å². The molecule has 1 aliphatic carbocycles. The molecule has 0 atom stereocenters. The Morgan fingerprint density at radius 2 is 1.87 bits per heavy atom. The number of halogens is 3. The summed E-state index contributed by atoms with van der Waals surface area (Å²) in [6.07, 6.45) is 4.72. The van der Waals surface area contributed by atoms with E-state index in [1.807, 2.05) is 11.6 Å². The molecule has 7 rings (SSSR count). The molecule has 2 amide bonds. The van der Waals surface area contributed by atoms with Gasteiger partial charge in [0.1, 0.15) is 12.2 Å². The van der Waals surface area contributed by atoms with Crippen molar-refractivity contribution in [2.75, 3.05) is 31.1 Å². The lowest BCUT2D eigenvalue weighted by molar-refractivity contribution is -0.138. The van der Waals surface area contributed by atoms with Crippen LogP contribution in [0.5, 0.6) is 0 Å². The van der Waals surface area contributed by atoms with Crippen molar-refractivity contribution >= 4 is 17.5 Å². The predicted molar refractivity (Wildman–Crippen MR) is 166 cm³/mol. The minimum atomic E-state index is -4.54. The van der Waals surface area contributed by atoms with Gasteiger partial charge in [-0.3, -0.25) is 14.5 Å². The molecule has 45 heavy (non-hydrogen) atoms.